The zero-order valence-corrected chi connectivity index (χ0v) is 12.2. The van der Waals surface area contributed by atoms with Gasteiger partial charge in [-0.1, -0.05) is 24.3 Å². The first-order chi connectivity index (χ1) is 10.1. The van der Waals surface area contributed by atoms with E-state index in [1.165, 1.54) is 6.07 Å². The first kappa shape index (κ1) is 15.4. The molecular formula is C17H19F2NO. The number of ether oxygens (including phenoxy) is 1. The van der Waals surface area contributed by atoms with Gasteiger partial charge in [0.05, 0.1) is 6.61 Å². The van der Waals surface area contributed by atoms with Crippen molar-refractivity contribution in [2.75, 3.05) is 6.61 Å². The number of halogens is 2. The van der Waals surface area contributed by atoms with E-state index in [0.717, 1.165) is 17.4 Å². The number of nitrogens with one attached hydrogen (secondary N) is 1. The average molecular weight is 291 g/mol. The van der Waals surface area contributed by atoms with E-state index in [0.29, 0.717) is 18.7 Å². The molecular weight excluding hydrogens is 272 g/mol. The Balaban J connectivity index is 2.02. The lowest BCUT2D eigenvalue weighted by Gasteiger charge is -2.15. The second kappa shape index (κ2) is 7.18. The summed E-state index contributed by atoms with van der Waals surface area (Å²) in [6.07, 6.45) is 0. The Morgan fingerprint density at radius 2 is 1.90 bits per heavy atom. The predicted molar refractivity (Wildman–Crippen MR) is 79.2 cm³/mol. The Morgan fingerprint density at radius 3 is 2.67 bits per heavy atom. The summed E-state index contributed by atoms with van der Waals surface area (Å²) in [5.41, 5.74) is 1.36. The van der Waals surface area contributed by atoms with Gasteiger partial charge in [-0.15, -0.1) is 0 Å². The molecule has 0 aromatic heterocycles. The molecule has 0 aliphatic carbocycles. The van der Waals surface area contributed by atoms with E-state index in [2.05, 4.69) is 5.32 Å². The molecule has 2 nitrogen and oxygen atoms in total. The molecule has 112 valence electrons. The third-order valence-corrected chi connectivity index (χ3v) is 3.27. The third kappa shape index (κ3) is 4.02. The maximum Gasteiger partial charge on any atom is 0.163 e. The van der Waals surface area contributed by atoms with Crippen molar-refractivity contribution in [3.05, 3.63) is 65.2 Å². The number of hydrogen-bond acceptors (Lipinski definition) is 2. The molecule has 0 bridgehead atoms. The van der Waals surface area contributed by atoms with Crippen LogP contribution >= 0.6 is 0 Å². The summed E-state index contributed by atoms with van der Waals surface area (Å²) in [5, 5.41) is 3.19. The molecule has 0 saturated carbocycles. The Labute approximate surface area is 123 Å². The molecule has 0 aliphatic heterocycles. The molecule has 2 aromatic rings. The van der Waals surface area contributed by atoms with Crippen molar-refractivity contribution in [3.8, 4) is 5.75 Å². The summed E-state index contributed by atoms with van der Waals surface area (Å²) in [6, 6.07) is 11.6. The molecule has 0 saturated heterocycles. The SMILES string of the molecule is CCOc1cccc(CNC(C)c2cccc(F)c2F)c1. The summed E-state index contributed by atoms with van der Waals surface area (Å²) in [4.78, 5) is 0. The van der Waals surface area contributed by atoms with Crippen LogP contribution in [-0.4, -0.2) is 6.61 Å². The van der Waals surface area contributed by atoms with E-state index in [9.17, 15) is 8.78 Å². The lowest BCUT2D eigenvalue weighted by atomic mass is 10.1. The largest absolute Gasteiger partial charge is 0.494 e. The molecule has 21 heavy (non-hydrogen) atoms. The van der Waals surface area contributed by atoms with Gasteiger partial charge in [-0.2, -0.15) is 0 Å². The smallest absolute Gasteiger partial charge is 0.163 e. The standard InChI is InChI=1S/C17H19F2NO/c1-3-21-14-7-4-6-13(10-14)11-20-12(2)15-8-5-9-16(18)17(15)19/h4-10,12,20H,3,11H2,1-2H3. The summed E-state index contributed by atoms with van der Waals surface area (Å²) in [6.45, 7) is 4.91. The van der Waals surface area contributed by atoms with Crippen LogP contribution < -0.4 is 10.1 Å². The third-order valence-electron chi connectivity index (χ3n) is 3.27. The summed E-state index contributed by atoms with van der Waals surface area (Å²) >= 11 is 0. The fraction of sp³-hybridized carbons (Fsp3) is 0.294. The van der Waals surface area contributed by atoms with Crippen molar-refractivity contribution in [3.63, 3.8) is 0 Å². The van der Waals surface area contributed by atoms with E-state index in [1.54, 1.807) is 6.07 Å². The van der Waals surface area contributed by atoms with Crippen molar-refractivity contribution >= 4 is 0 Å². The van der Waals surface area contributed by atoms with Gasteiger partial charge in [0.1, 0.15) is 5.75 Å². The Bertz CT molecular complexity index is 601. The zero-order chi connectivity index (χ0) is 15.2. The van der Waals surface area contributed by atoms with E-state index in [1.807, 2.05) is 38.1 Å². The second-order valence-corrected chi connectivity index (χ2v) is 4.83. The van der Waals surface area contributed by atoms with Gasteiger partial charge < -0.3 is 10.1 Å². The Hall–Kier alpha value is -1.94. The summed E-state index contributed by atoms with van der Waals surface area (Å²) in [5.74, 6) is -0.804. The first-order valence-corrected chi connectivity index (χ1v) is 7.01. The van der Waals surface area contributed by atoms with E-state index in [4.69, 9.17) is 4.74 Å². The zero-order valence-electron chi connectivity index (χ0n) is 12.2. The molecule has 0 fully saturated rings. The molecule has 0 heterocycles. The lowest BCUT2D eigenvalue weighted by Crippen LogP contribution is -2.19. The van der Waals surface area contributed by atoms with E-state index in [-0.39, 0.29) is 6.04 Å². The Morgan fingerprint density at radius 1 is 1.14 bits per heavy atom. The highest BCUT2D eigenvalue weighted by molar-refractivity contribution is 5.29. The van der Waals surface area contributed by atoms with Gasteiger partial charge in [-0.3, -0.25) is 0 Å². The monoisotopic (exact) mass is 291 g/mol. The summed E-state index contributed by atoms with van der Waals surface area (Å²) in [7, 11) is 0. The minimum absolute atomic E-state index is 0.281. The van der Waals surface area contributed by atoms with Crippen molar-refractivity contribution in [2.24, 2.45) is 0 Å². The molecule has 1 atom stereocenters. The molecule has 0 spiro atoms. The van der Waals surface area contributed by atoms with Gasteiger partial charge in [0, 0.05) is 18.2 Å². The maximum atomic E-state index is 13.7. The van der Waals surface area contributed by atoms with Crippen LogP contribution in [0.4, 0.5) is 8.78 Å². The van der Waals surface area contributed by atoms with Crippen LogP contribution in [-0.2, 0) is 6.54 Å². The van der Waals surface area contributed by atoms with Crippen LogP contribution in [0.3, 0.4) is 0 Å². The van der Waals surface area contributed by atoms with Crippen molar-refractivity contribution in [1.82, 2.24) is 5.32 Å². The maximum absolute atomic E-state index is 13.7. The minimum Gasteiger partial charge on any atom is -0.494 e. The van der Waals surface area contributed by atoms with Crippen LogP contribution in [0.25, 0.3) is 0 Å². The molecule has 0 aliphatic rings. The fourth-order valence-corrected chi connectivity index (χ4v) is 2.15. The molecule has 0 amide bonds. The Kier molecular flexibility index (Phi) is 5.28. The number of rotatable bonds is 6. The van der Waals surface area contributed by atoms with Gasteiger partial charge in [0.2, 0.25) is 0 Å². The number of benzene rings is 2. The molecule has 4 heteroatoms. The molecule has 1 unspecified atom stereocenters. The van der Waals surface area contributed by atoms with Gasteiger partial charge in [-0.25, -0.2) is 8.78 Å². The molecule has 0 radical (unpaired) electrons. The molecule has 1 N–H and O–H groups in total. The average Bonchev–Trinajstić information content (AvgIpc) is 2.48. The first-order valence-electron chi connectivity index (χ1n) is 7.01. The number of hydrogen-bond donors (Lipinski definition) is 1. The van der Waals surface area contributed by atoms with Crippen molar-refractivity contribution in [1.29, 1.82) is 0 Å². The predicted octanol–water partition coefficient (Wildman–Crippen LogP) is 4.21. The van der Waals surface area contributed by atoms with E-state index >= 15 is 0 Å². The summed E-state index contributed by atoms with van der Waals surface area (Å²) < 4.78 is 32.4. The highest BCUT2D eigenvalue weighted by Crippen LogP contribution is 2.20. The van der Waals surface area contributed by atoms with E-state index < -0.39 is 11.6 Å². The quantitative estimate of drug-likeness (QED) is 0.860. The fourth-order valence-electron chi connectivity index (χ4n) is 2.15. The van der Waals surface area contributed by atoms with Gasteiger partial charge >= 0.3 is 0 Å². The van der Waals surface area contributed by atoms with Crippen LogP contribution in [0.15, 0.2) is 42.5 Å². The topological polar surface area (TPSA) is 21.3 Å². The molecule has 2 rings (SSSR count). The van der Waals surface area contributed by atoms with Crippen LogP contribution in [0.1, 0.15) is 31.0 Å². The van der Waals surface area contributed by atoms with Gasteiger partial charge in [-0.05, 0) is 37.6 Å². The van der Waals surface area contributed by atoms with Crippen molar-refractivity contribution < 1.29 is 13.5 Å². The van der Waals surface area contributed by atoms with Gasteiger partial charge in [0.25, 0.3) is 0 Å². The lowest BCUT2D eigenvalue weighted by molar-refractivity contribution is 0.339. The normalized spacial score (nSPS) is 12.2. The second-order valence-electron chi connectivity index (χ2n) is 4.83. The molecule has 2 aromatic carbocycles. The minimum atomic E-state index is -0.820. The highest BCUT2D eigenvalue weighted by Gasteiger charge is 2.13. The van der Waals surface area contributed by atoms with Gasteiger partial charge in [0.15, 0.2) is 11.6 Å². The van der Waals surface area contributed by atoms with Crippen LogP contribution in [0.2, 0.25) is 0 Å². The van der Waals surface area contributed by atoms with Crippen LogP contribution in [0, 0.1) is 11.6 Å². The van der Waals surface area contributed by atoms with Crippen LogP contribution in [0.5, 0.6) is 5.75 Å². The highest BCUT2D eigenvalue weighted by atomic mass is 19.2. The van der Waals surface area contributed by atoms with Crippen molar-refractivity contribution in [2.45, 2.75) is 26.4 Å².